The van der Waals surface area contributed by atoms with E-state index in [1.807, 2.05) is 41.6 Å². The van der Waals surface area contributed by atoms with E-state index in [9.17, 15) is 9.59 Å². The summed E-state index contributed by atoms with van der Waals surface area (Å²) in [7, 11) is 0. The van der Waals surface area contributed by atoms with Crippen LogP contribution in [0, 0.1) is 11.8 Å². The van der Waals surface area contributed by atoms with Gasteiger partial charge < -0.3 is 10.2 Å². The molecule has 2 aliphatic heterocycles. The van der Waals surface area contributed by atoms with Crippen LogP contribution in [0.2, 0.25) is 0 Å². The number of aromatic nitrogens is 1. The molecule has 1 unspecified atom stereocenters. The van der Waals surface area contributed by atoms with Crippen LogP contribution < -0.4 is 5.32 Å². The molecule has 2 amide bonds. The monoisotopic (exact) mass is 391 g/mol. The van der Waals surface area contributed by atoms with Crippen LogP contribution in [-0.4, -0.2) is 34.8 Å². The molecule has 3 heterocycles. The van der Waals surface area contributed by atoms with Crippen molar-refractivity contribution < 1.29 is 9.59 Å². The molecule has 0 saturated carbocycles. The van der Waals surface area contributed by atoms with Gasteiger partial charge in [0.1, 0.15) is 0 Å². The number of benzene rings is 1. The average Bonchev–Trinajstić information content (AvgIpc) is 2.77. The molecular formula is C24H29N3O2. The Balaban J connectivity index is 1.20. The van der Waals surface area contributed by atoms with E-state index in [0.717, 1.165) is 50.9 Å². The minimum Gasteiger partial charge on any atom is -0.343 e. The summed E-state index contributed by atoms with van der Waals surface area (Å²) in [6.07, 6.45) is 9.93. The van der Waals surface area contributed by atoms with E-state index in [4.69, 9.17) is 0 Å². The van der Waals surface area contributed by atoms with Crippen molar-refractivity contribution >= 4 is 17.5 Å². The number of piperidine rings is 1. The van der Waals surface area contributed by atoms with Crippen LogP contribution in [0.15, 0.2) is 48.8 Å². The Kier molecular flexibility index (Phi) is 6.23. The lowest BCUT2D eigenvalue weighted by Crippen LogP contribution is -2.39. The second-order valence-corrected chi connectivity index (χ2v) is 8.31. The summed E-state index contributed by atoms with van der Waals surface area (Å²) in [6.45, 7) is 1.69. The quantitative estimate of drug-likeness (QED) is 0.814. The average molecular weight is 392 g/mol. The molecule has 2 aromatic rings. The third kappa shape index (κ3) is 5.03. The summed E-state index contributed by atoms with van der Waals surface area (Å²) >= 11 is 0. The van der Waals surface area contributed by atoms with Gasteiger partial charge in [-0.1, -0.05) is 24.3 Å². The molecule has 0 radical (unpaired) electrons. The van der Waals surface area contributed by atoms with Gasteiger partial charge in [0.15, 0.2) is 0 Å². The smallest absolute Gasteiger partial charge is 0.227 e. The Morgan fingerprint density at radius 2 is 1.93 bits per heavy atom. The number of nitrogens with one attached hydrogen (secondary N) is 1. The Morgan fingerprint density at radius 3 is 2.72 bits per heavy atom. The molecule has 152 valence electrons. The second kappa shape index (κ2) is 9.21. The standard InChI is InChI=1S/C24H29N3O2/c28-23(10-9-21-16-20-5-1-2-6-22(20)26-24(21)29)27-14-11-18(12-15-27)7-8-19-4-3-13-25-17-19/h1-6,13,17-18,21H,7-12,14-16H2,(H,26,29). The van der Waals surface area contributed by atoms with Crippen molar-refractivity contribution in [1.29, 1.82) is 0 Å². The number of pyridine rings is 1. The highest BCUT2D eigenvalue weighted by molar-refractivity contribution is 5.96. The number of nitrogens with zero attached hydrogens (tertiary/aromatic N) is 2. The maximum absolute atomic E-state index is 12.7. The molecule has 0 spiro atoms. The molecule has 4 rings (SSSR count). The normalized spacial score (nSPS) is 19.5. The van der Waals surface area contributed by atoms with Gasteiger partial charge >= 0.3 is 0 Å². The molecule has 1 N–H and O–H groups in total. The third-order valence-corrected chi connectivity index (χ3v) is 6.35. The first kappa shape index (κ1) is 19.6. The van der Waals surface area contributed by atoms with Gasteiger partial charge in [-0.25, -0.2) is 0 Å². The molecule has 0 aliphatic carbocycles. The first-order chi connectivity index (χ1) is 14.2. The summed E-state index contributed by atoms with van der Waals surface area (Å²) in [5.41, 5.74) is 3.37. The first-order valence-electron chi connectivity index (χ1n) is 10.7. The van der Waals surface area contributed by atoms with E-state index in [1.54, 1.807) is 0 Å². The van der Waals surface area contributed by atoms with Gasteiger partial charge in [-0.3, -0.25) is 14.6 Å². The van der Waals surface area contributed by atoms with Crippen LogP contribution in [0.1, 0.15) is 43.2 Å². The van der Waals surface area contributed by atoms with E-state index in [-0.39, 0.29) is 17.7 Å². The summed E-state index contributed by atoms with van der Waals surface area (Å²) in [6, 6.07) is 12.0. The molecule has 1 saturated heterocycles. The van der Waals surface area contributed by atoms with Crippen molar-refractivity contribution in [2.24, 2.45) is 11.8 Å². The van der Waals surface area contributed by atoms with Crippen molar-refractivity contribution in [3.8, 4) is 0 Å². The number of likely N-dealkylation sites (tertiary alicyclic amines) is 1. The number of anilines is 1. The molecule has 5 heteroatoms. The lowest BCUT2D eigenvalue weighted by Gasteiger charge is -2.32. The Bertz CT molecular complexity index is 844. The molecule has 29 heavy (non-hydrogen) atoms. The van der Waals surface area contributed by atoms with Gasteiger partial charge in [-0.2, -0.15) is 0 Å². The fourth-order valence-corrected chi connectivity index (χ4v) is 4.49. The van der Waals surface area contributed by atoms with Crippen molar-refractivity contribution in [3.05, 3.63) is 59.9 Å². The molecule has 0 bridgehead atoms. The fraction of sp³-hybridized carbons (Fsp3) is 0.458. The molecular weight excluding hydrogens is 362 g/mol. The number of carbonyl (C=O) groups excluding carboxylic acids is 2. The SMILES string of the molecule is O=C1Nc2ccccc2CC1CCC(=O)N1CCC(CCc2cccnc2)CC1. The van der Waals surface area contributed by atoms with Crippen LogP contribution in [0.25, 0.3) is 0 Å². The van der Waals surface area contributed by atoms with Gasteiger partial charge in [0.2, 0.25) is 11.8 Å². The molecule has 1 atom stereocenters. The van der Waals surface area contributed by atoms with E-state index in [2.05, 4.69) is 22.4 Å². The maximum Gasteiger partial charge on any atom is 0.227 e. The van der Waals surface area contributed by atoms with Crippen LogP contribution in [0.4, 0.5) is 5.69 Å². The lowest BCUT2D eigenvalue weighted by molar-refractivity contribution is -0.133. The zero-order valence-corrected chi connectivity index (χ0v) is 16.8. The molecule has 1 aromatic carbocycles. The molecule has 1 fully saturated rings. The number of aryl methyl sites for hydroxylation is 1. The van der Waals surface area contributed by atoms with Crippen LogP contribution in [0.3, 0.4) is 0 Å². The highest BCUT2D eigenvalue weighted by Gasteiger charge is 2.28. The third-order valence-electron chi connectivity index (χ3n) is 6.35. The Hall–Kier alpha value is -2.69. The molecule has 1 aromatic heterocycles. The largest absolute Gasteiger partial charge is 0.343 e. The predicted octanol–water partition coefficient (Wildman–Crippen LogP) is 3.84. The maximum atomic E-state index is 12.7. The fourth-order valence-electron chi connectivity index (χ4n) is 4.49. The van der Waals surface area contributed by atoms with Crippen molar-refractivity contribution in [2.45, 2.75) is 44.9 Å². The second-order valence-electron chi connectivity index (χ2n) is 8.31. The number of hydrogen-bond donors (Lipinski definition) is 1. The number of para-hydroxylation sites is 1. The topological polar surface area (TPSA) is 62.3 Å². The minimum absolute atomic E-state index is 0.0469. The summed E-state index contributed by atoms with van der Waals surface area (Å²) in [4.78, 5) is 31.2. The number of carbonyl (C=O) groups is 2. The highest BCUT2D eigenvalue weighted by Crippen LogP contribution is 2.28. The summed E-state index contributed by atoms with van der Waals surface area (Å²) < 4.78 is 0. The Labute approximate surface area is 172 Å². The zero-order valence-electron chi connectivity index (χ0n) is 16.8. The minimum atomic E-state index is -0.106. The number of amides is 2. The predicted molar refractivity (Wildman–Crippen MR) is 113 cm³/mol. The van der Waals surface area contributed by atoms with Gasteiger partial charge in [-0.15, -0.1) is 0 Å². The zero-order chi connectivity index (χ0) is 20.1. The Morgan fingerprint density at radius 1 is 1.10 bits per heavy atom. The molecule has 2 aliphatic rings. The first-order valence-corrected chi connectivity index (χ1v) is 10.7. The van der Waals surface area contributed by atoms with Gasteiger partial charge in [-0.05, 0) is 67.7 Å². The van der Waals surface area contributed by atoms with Gasteiger partial charge in [0.05, 0.1) is 0 Å². The van der Waals surface area contributed by atoms with E-state index >= 15 is 0 Å². The van der Waals surface area contributed by atoms with Crippen molar-refractivity contribution in [2.75, 3.05) is 18.4 Å². The van der Waals surface area contributed by atoms with E-state index < -0.39 is 0 Å². The van der Waals surface area contributed by atoms with Crippen LogP contribution >= 0.6 is 0 Å². The summed E-state index contributed by atoms with van der Waals surface area (Å²) in [5.74, 6) is 0.818. The van der Waals surface area contributed by atoms with Crippen LogP contribution in [-0.2, 0) is 22.4 Å². The van der Waals surface area contributed by atoms with Crippen molar-refractivity contribution in [3.63, 3.8) is 0 Å². The van der Waals surface area contributed by atoms with Crippen molar-refractivity contribution in [1.82, 2.24) is 9.88 Å². The lowest BCUT2D eigenvalue weighted by atomic mass is 9.88. The summed E-state index contributed by atoms with van der Waals surface area (Å²) in [5, 5.41) is 2.98. The number of rotatable bonds is 6. The molecule has 5 nitrogen and oxygen atoms in total. The number of fused-ring (bicyclic) bond motifs is 1. The van der Waals surface area contributed by atoms with E-state index in [0.29, 0.717) is 18.8 Å². The van der Waals surface area contributed by atoms with E-state index in [1.165, 1.54) is 11.1 Å². The van der Waals surface area contributed by atoms with Gasteiger partial charge in [0, 0.05) is 43.5 Å². The highest BCUT2D eigenvalue weighted by atomic mass is 16.2. The van der Waals surface area contributed by atoms with Crippen LogP contribution in [0.5, 0.6) is 0 Å². The number of hydrogen-bond acceptors (Lipinski definition) is 3. The van der Waals surface area contributed by atoms with Gasteiger partial charge in [0.25, 0.3) is 0 Å².